The number of benzene rings is 2. The smallest absolute Gasteiger partial charge is 0.318 e. The number of urea groups is 1. The Morgan fingerprint density at radius 1 is 1.16 bits per heavy atom. The van der Waals surface area contributed by atoms with Gasteiger partial charge in [0.2, 0.25) is 0 Å². The van der Waals surface area contributed by atoms with Crippen LogP contribution in [0.5, 0.6) is 11.5 Å². The Morgan fingerprint density at radius 3 is 2.65 bits per heavy atom. The summed E-state index contributed by atoms with van der Waals surface area (Å²) >= 11 is 0. The third-order valence-electron chi connectivity index (χ3n) is 5.95. The molecule has 0 spiro atoms. The van der Waals surface area contributed by atoms with Crippen LogP contribution >= 0.6 is 0 Å². The van der Waals surface area contributed by atoms with Gasteiger partial charge in [-0.25, -0.2) is 9.78 Å². The van der Waals surface area contributed by atoms with E-state index < -0.39 is 0 Å². The molecule has 7 nitrogen and oxygen atoms in total. The molecular formula is C24H30N4O3. The molecule has 2 aromatic carbocycles. The summed E-state index contributed by atoms with van der Waals surface area (Å²) in [5.41, 5.74) is 2.91. The molecule has 31 heavy (non-hydrogen) atoms. The largest absolute Gasteiger partial charge is 0.493 e. The van der Waals surface area contributed by atoms with Crippen molar-refractivity contribution >= 4 is 17.1 Å². The number of hydrogen-bond acceptors (Lipinski definition) is 4. The van der Waals surface area contributed by atoms with Gasteiger partial charge in [0.15, 0.2) is 11.5 Å². The number of carbonyl (C=O) groups excluding carboxylic acids is 1. The van der Waals surface area contributed by atoms with Gasteiger partial charge in [-0.3, -0.25) is 0 Å². The highest BCUT2D eigenvalue weighted by atomic mass is 16.5. The minimum absolute atomic E-state index is 0.0504. The van der Waals surface area contributed by atoms with Crippen LogP contribution in [0.25, 0.3) is 11.0 Å². The Bertz CT molecular complexity index is 1030. The van der Waals surface area contributed by atoms with E-state index in [-0.39, 0.29) is 24.0 Å². The Labute approximate surface area is 182 Å². The van der Waals surface area contributed by atoms with Crippen LogP contribution in [0.4, 0.5) is 4.79 Å². The SMILES string of the molecule is COc1ccc(C(NC(=O)N2CCC[C@H]2c2nc3ccccc3[nH]2)C(C)C)cc1OC. The first-order chi connectivity index (χ1) is 15.0. The van der Waals surface area contributed by atoms with Crippen molar-refractivity contribution in [2.24, 2.45) is 5.92 Å². The van der Waals surface area contributed by atoms with E-state index in [0.29, 0.717) is 18.0 Å². The Morgan fingerprint density at radius 2 is 1.94 bits per heavy atom. The lowest BCUT2D eigenvalue weighted by molar-refractivity contribution is 0.183. The average molecular weight is 423 g/mol. The molecule has 2 heterocycles. The molecule has 164 valence electrons. The predicted octanol–water partition coefficient (Wildman–Crippen LogP) is 4.82. The molecule has 2 amide bonds. The van der Waals surface area contributed by atoms with E-state index in [9.17, 15) is 4.79 Å². The van der Waals surface area contributed by atoms with Crippen LogP contribution in [0.3, 0.4) is 0 Å². The maximum absolute atomic E-state index is 13.3. The standard InChI is InChI=1S/C24H30N4O3/c1-15(2)22(16-11-12-20(30-3)21(14-16)31-4)27-24(29)28-13-7-10-19(28)23-25-17-8-5-6-9-18(17)26-23/h5-6,8-9,11-12,14-15,19,22H,7,10,13H2,1-4H3,(H,25,26)(H,27,29)/t19-,22?/m0/s1. The number of aromatic nitrogens is 2. The molecule has 2 atom stereocenters. The number of rotatable bonds is 6. The van der Waals surface area contributed by atoms with Gasteiger partial charge in [-0.2, -0.15) is 0 Å². The van der Waals surface area contributed by atoms with E-state index in [2.05, 4.69) is 24.1 Å². The number of hydrogen-bond donors (Lipinski definition) is 2. The number of H-pyrrole nitrogens is 1. The van der Waals surface area contributed by atoms with Gasteiger partial charge in [-0.05, 0) is 48.6 Å². The molecule has 0 radical (unpaired) electrons. The van der Waals surface area contributed by atoms with Crippen LogP contribution < -0.4 is 14.8 Å². The van der Waals surface area contributed by atoms with Crippen molar-refractivity contribution in [3.63, 3.8) is 0 Å². The summed E-state index contributed by atoms with van der Waals surface area (Å²) in [4.78, 5) is 23.4. The molecule has 0 aliphatic carbocycles. The number of amides is 2. The molecule has 2 N–H and O–H groups in total. The minimum atomic E-state index is -0.149. The number of likely N-dealkylation sites (tertiary alicyclic amines) is 1. The monoisotopic (exact) mass is 422 g/mol. The van der Waals surface area contributed by atoms with Crippen molar-refractivity contribution in [1.29, 1.82) is 0 Å². The highest BCUT2D eigenvalue weighted by molar-refractivity contribution is 5.77. The number of aromatic amines is 1. The summed E-state index contributed by atoms with van der Waals surface area (Å²) in [6, 6.07) is 13.5. The highest BCUT2D eigenvalue weighted by Gasteiger charge is 2.33. The Kier molecular flexibility index (Phi) is 6.02. The van der Waals surface area contributed by atoms with E-state index in [1.165, 1.54) is 0 Å². The zero-order valence-corrected chi connectivity index (χ0v) is 18.5. The van der Waals surface area contributed by atoms with Gasteiger partial charge >= 0.3 is 6.03 Å². The maximum atomic E-state index is 13.3. The number of nitrogens with one attached hydrogen (secondary N) is 2. The molecule has 1 unspecified atom stereocenters. The molecule has 0 saturated carbocycles. The number of nitrogens with zero attached hydrogens (tertiary/aromatic N) is 2. The number of methoxy groups -OCH3 is 2. The minimum Gasteiger partial charge on any atom is -0.493 e. The van der Waals surface area contributed by atoms with Crippen LogP contribution in [0.1, 0.15) is 50.2 Å². The van der Waals surface area contributed by atoms with E-state index in [0.717, 1.165) is 35.3 Å². The molecule has 1 aromatic heterocycles. The van der Waals surface area contributed by atoms with Crippen molar-refractivity contribution < 1.29 is 14.3 Å². The second kappa shape index (κ2) is 8.88. The normalized spacial score (nSPS) is 17.2. The first-order valence-electron chi connectivity index (χ1n) is 10.8. The number of ether oxygens (including phenoxy) is 2. The lowest BCUT2D eigenvalue weighted by Gasteiger charge is -2.29. The highest BCUT2D eigenvalue weighted by Crippen LogP contribution is 2.34. The van der Waals surface area contributed by atoms with Crippen LogP contribution in [0.2, 0.25) is 0 Å². The van der Waals surface area contributed by atoms with Gasteiger partial charge in [0, 0.05) is 6.54 Å². The fourth-order valence-corrected chi connectivity index (χ4v) is 4.32. The van der Waals surface area contributed by atoms with Crippen LogP contribution in [-0.4, -0.2) is 41.7 Å². The number of fused-ring (bicyclic) bond motifs is 1. The molecule has 1 aliphatic heterocycles. The van der Waals surface area contributed by atoms with E-state index >= 15 is 0 Å². The zero-order chi connectivity index (χ0) is 22.0. The topological polar surface area (TPSA) is 79.5 Å². The number of carbonyl (C=O) groups is 1. The fraction of sp³-hybridized carbons (Fsp3) is 0.417. The lowest BCUT2D eigenvalue weighted by Crippen LogP contribution is -2.42. The average Bonchev–Trinajstić information content (AvgIpc) is 3.43. The zero-order valence-electron chi connectivity index (χ0n) is 18.5. The van der Waals surface area contributed by atoms with Gasteiger partial charge in [0.1, 0.15) is 5.82 Å². The second-order valence-corrected chi connectivity index (χ2v) is 8.28. The van der Waals surface area contributed by atoms with Crippen LogP contribution in [0, 0.1) is 5.92 Å². The molecule has 1 fully saturated rings. The van der Waals surface area contributed by atoms with Crippen LogP contribution in [-0.2, 0) is 0 Å². The summed E-state index contributed by atoms with van der Waals surface area (Å²) in [6.45, 7) is 4.91. The van der Waals surface area contributed by atoms with Crippen molar-refractivity contribution in [2.45, 2.75) is 38.8 Å². The summed E-state index contributed by atoms with van der Waals surface area (Å²) in [5.74, 6) is 2.38. The first kappa shape index (κ1) is 21.0. The van der Waals surface area contributed by atoms with Gasteiger partial charge in [0.25, 0.3) is 0 Å². The van der Waals surface area contributed by atoms with Crippen molar-refractivity contribution in [3.05, 3.63) is 53.9 Å². The summed E-state index contributed by atoms with van der Waals surface area (Å²) in [5, 5.41) is 3.25. The van der Waals surface area contributed by atoms with Gasteiger partial charge in [-0.1, -0.05) is 32.0 Å². The second-order valence-electron chi connectivity index (χ2n) is 8.28. The van der Waals surface area contributed by atoms with E-state index in [1.807, 2.05) is 47.4 Å². The molecular weight excluding hydrogens is 392 g/mol. The number of para-hydroxylation sites is 2. The van der Waals surface area contributed by atoms with Crippen LogP contribution in [0.15, 0.2) is 42.5 Å². The molecule has 7 heteroatoms. The molecule has 0 bridgehead atoms. The Hall–Kier alpha value is -3.22. The summed E-state index contributed by atoms with van der Waals surface area (Å²) in [7, 11) is 3.23. The predicted molar refractivity (Wildman–Crippen MR) is 120 cm³/mol. The van der Waals surface area contributed by atoms with Crippen molar-refractivity contribution in [1.82, 2.24) is 20.2 Å². The fourth-order valence-electron chi connectivity index (χ4n) is 4.32. The first-order valence-corrected chi connectivity index (χ1v) is 10.8. The summed E-state index contributed by atoms with van der Waals surface area (Å²) in [6.07, 6.45) is 1.85. The van der Waals surface area contributed by atoms with Crippen molar-refractivity contribution in [2.75, 3.05) is 20.8 Å². The van der Waals surface area contributed by atoms with Crippen molar-refractivity contribution in [3.8, 4) is 11.5 Å². The lowest BCUT2D eigenvalue weighted by atomic mass is 9.95. The van der Waals surface area contributed by atoms with Gasteiger partial charge in [-0.15, -0.1) is 0 Å². The van der Waals surface area contributed by atoms with Gasteiger partial charge in [0.05, 0.1) is 37.3 Å². The summed E-state index contributed by atoms with van der Waals surface area (Å²) < 4.78 is 10.8. The quantitative estimate of drug-likeness (QED) is 0.597. The molecule has 1 aliphatic rings. The molecule has 3 aromatic rings. The van der Waals surface area contributed by atoms with E-state index in [1.54, 1.807) is 14.2 Å². The maximum Gasteiger partial charge on any atom is 0.318 e. The molecule has 1 saturated heterocycles. The van der Waals surface area contributed by atoms with E-state index in [4.69, 9.17) is 14.5 Å². The third kappa shape index (κ3) is 4.17. The Balaban J connectivity index is 1.55. The molecule has 4 rings (SSSR count). The third-order valence-corrected chi connectivity index (χ3v) is 5.95. The van der Waals surface area contributed by atoms with Gasteiger partial charge < -0.3 is 24.7 Å². The number of imidazole rings is 1.